The van der Waals surface area contributed by atoms with Gasteiger partial charge in [0.05, 0.1) is 5.69 Å². The second-order valence-corrected chi connectivity index (χ2v) is 7.69. The first-order valence-electron chi connectivity index (χ1n) is 8.93. The molecule has 0 unspecified atom stereocenters. The van der Waals surface area contributed by atoms with E-state index in [1.807, 2.05) is 0 Å². The number of hydrogen-bond donors (Lipinski definition) is 0. The fraction of sp³-hybridized carbons (Fsp3) is 0. The third kappa shape index (κ3) is 2.12. The van der Waals surface area contributed by atoms with E-state index in [1.165, 1.54) is 31.6 Å². The van der Waals surface area contributed by atoms with Crippen molar-refractivity contribution in [2.24, 2.45) is 0 Å². The maximum absolute atomic E-state index is 4.73. The van der Waals surface area contributed by atoms with Crippen LogP contribution < -0.4 is 0 Å². The highest BCUT2D eigenvalue weighted by atomic mass is 32.1. The summed E-state index contributed by atoms with van der Waals surface area (Å²) in [5.41, 5.74) is 2.17. The molecule has 0 saturated heterocycles. The minimum absolute atomic E-state index is 1.01. The molecular formula is C24H14N2S. The van der Waals surface area contributed by atoms with Gasteiger partial charge in [0.1, 0.15) is 11.2 Å². The van der Waals surface area contributed by atoms with Crippen molar-refractivity contribution in [3.63, 3.8) is 0 Å². The molecule has 0 saturated carbocycles. The molecule has 2 aromatic heterocycles. The number of rotatable bonds is 1. The van der Waals surface area contributed by atoms with Crippen LogP contribution in [-0.2, 0) is 0 Å². The fourth-order valence-corrected chi connectivity index (χ4v) is 5.15. The van der Waals surface area contributed by atoms with Gasteiger partial charge < -0.3 is 0 Å². The number of hydrogen-bond acceptors (Lipinski definition) is 3. The van der Waals surface area contributed by atoms with E-state index in [-0.39, 0.29) is 0 Å². The first-order valence-corrected chi connectivity index (χ1v) is 9.75. The number of fused-ring (bicyclic) bond motifs is 6. The summed E-state index contributed by atoms with van der Waals surface area (Å²) in [7, 11) is 0. The molecule has 0 spiro atoms. The summed E-state index contributed by atoms with van der Waals surface area (Å²) in [6.45, 7) is 0. The number of nitrogens with zero attached hydrogens (tertiary/aromatic N) is 2. The van der Waals surface area contributed by atoms with Gasteiger partial charge >= 0.3 is 0 Å². The van der Waals surface area contributed by atoms with E-state index in [1.54, 1.807) is 17.7 Å². The highest BCUT2D eigenvalue weighted by molar-refractivity contribution is 7.26. The van der Waals surface area contributed by atoms with Crippen LogP contribution in [0.5, 0.6) is 0 Å². The van der Waals surface area contributed by atoms with Gasteiger partial charge in [-0.15, -0.1) is 11.3 Å². The Morgan fingerprint density at radius 1 is 0.593 bits per heavy atom. The third-order valence-electron chi connectivity index (χ3n) is 5.20. The number of thiophene rings is 1. The van der Waals surface area contributed by atoms with E-state index in [0.29, 0.717) is 0 Å². The summed E-state index contributed by atoms with van der Waals surface area (Å²) in [4.78, 5) is 10.4. The lowest BCUT2D eigenvalue weighted by molar-refractivity contribution is 1.24. The Bertz CT molecular complexity index is 1470. The van der Waals surface area contributed by atoms with Crippen LogP contribution in [0.3, 0.4) is 0 Å². The second-order valence-electron chi connectivity index (χ2n) is 6.69. The number of benzene rings is 4. The van der Waals surface area contributed by atoms with Crippen molar-refractivity contribution in [2.75, 3.05) is 0 Å². The lowest BCUT2D eigenvalue weighted by Gasteiger charge is -2.07. The predicted octanol–water partition coefficient (Wildman–Crippen LogP) is 6.82. The van der Waals surface area contributed by atoms with E-state index in [0.717, 1.165) is 21.5 Å². The van der Waals surface area contributed by atoms with Crippen LogP contribution in [0, 0.1) is 0 Å². The van der Waals surface area contributed by atoms with E-state index in [9.17, 15) is 0 Å². The molecule has 0 amide bonds. The normalized spacial score (nSPS) is 11.7. The molecule has 0 aliphatic rings. The molecule has 3 heteroatoms. The minimum Gasteiger partial charge on any atom is -0.236 e. The molecule has 2 nitrogen and oxygen atoms in total. The average Bonchev–Trinajstić information content (AvgIpc) is 3.13. The van der Waals surface area contributed by atoms with E-state index < -0.39 is 0 Å². The topological polar surface area (TPSA) is 25.8 Å². The summed E-state index contributed by atoms with van der Waals surface area (Å²) >= 11 is 1.75. The van der Waals surface area contributed by atoms with Crippen LogP contribution >= 0.6 is 11.3 Å². The smallest absolute Gasteiger partial charge is 0.128 e. The van der Waals surface area contributed by atoms with Gasteiger partial charge in [-0.25, -0.2) is 9.97 Å². The first kappa shape index (κ1) is 14.8. The van der Waals surface area contributed by atoms with Crippen molar-refractivity contribution in [1.29, 1.82) is 0 Å². The molecule has 0 fully saturated rings. The third-order valence-corrected chi connectivity index (χ3v) is 6.35. The molecular weight excluding hydrogens is 348 g/mol. The maximum Gasteiger partial charge on any atom is 0.128 e. The molecule has 126 valence electrons. The molecule has 0 N–H and O–H groups in total. The van der Waals surface area contributed by atoms with Gasteiger partial charge in [-0.1, -0.05) is 78.9 Å². The molecule has 27 heavy (non-hydrogen) atoms. The summed E-state index contributed by atoms with van der Waals surface area (Å²) in [6, 6.07) is 27.9. The van der Waals surface area contributed by atoms with E-state index in [4.69, 9.17) is 4.98 Å². The van der Waals surface area contributed by atoms with E-state index >= 15 is 0 Å². The van der Waals surface area contributed by atoms with Crippen LogP contribution in [0.25, 0.3) is 53.1 Å². The molecule has 0 aliphatic heterocycles. The summed E-state index contributed by atoms with van der Waals surface area (Å²) in [6.07, 6.45) is 1.69. The standard InChI is InChI=1S/C24H14N2S/c1-3-9-17-15(6-1)8-5-11-19(17)22-21-20-13-12-16-7-2-4-10-18(16)23(20)27-24(21)26-14-25-22/h1-14H. The Morgan fingerprint density at radius 3 is 2.22 bits per heavy atom. The maximum atomic E-state index is 4.73. The molecule has 0 atom stereocenters. The Balaban J connectivity index is 1.79. The predicted molar refractivity (Wildman–Crippen MR) is 115 cm³/mol. The first-order chi connectivity index (χ1) is 13.4. The Morgan fingerprint density at radius 2 is 1.33 bits per heavy atom. The fourth-order valence-electron chi connectivity index (χ4n) is 3.97. The molecule has 2 heterocycles. The summed E-state index contributed by atoms with van der Waals surface area (Å²) in [5, 5.41) is 7.38. The Hall–Kier alpha value is -3.30. The van der Waals surface area contributed by atoms with Crippen molar-refractivity contribution >= 4 is 53.2 Å². The van der Waals surface area contributed by atoms with Gasteiger partial charge in [-0.3, -0.25) is 0 Å². The molecule has 0 bridgehead atoms. The van der Waals surface area contributed by atoms with Crippen molar-refractivity contribution in [3.05, 3.63) is 85.2 Å². The molecule has 6 rings (SSSR count). The van der Waals surface area contributed by atoms with Crippen molar-refractivity contribution in [2.45, 2.75) is 0 Å². The van der Waals surface area contributed by atoms with Crippen molar-refractivity contribution < 1.29 is 0 Å². The van der Waals surface area contributed by atoms with Gasteiger partial charge in [-0.05, 0) is 21.5 Å². The Labute approximate surface area is 159 Å². The average molecular weight is 362 g/mol. The molecule has 0 radical (unpaired) electrons. The van der Waals surface area contributed by atoms with Gasteiger partial charge in [0, 0.05) is 21.0 Å². The van der Waals surface area contributed by atoms with Crippen LogP contribution in [0.1, 0.15) is 0 Å². The zero-order chi connectivity index (χ0) is 17.8. The van der Waals surface area contributed by atoms with E-state index in [2.05, 4.69) is 83.8 Å². The van der Waals surface area contributed by atoms with Gasteiger partial charge in [0.2, 0.25) is 0 Å². The zero-order valence-electron chi connectivity index (χ0n) is 14.4. The molecule has 0 aliphatic carbocycles. The minimum atomic E-state index is 1.01. The highest BCUT2D eigenvalue weighted by Gasteiger charge is 2.16. The van der Waals surface area contributed by atoms with Crippen molar-refractivity contribution in [1.82, 2.24) is 9.97 Å². The SMILES string of the molecule is c1ccc2c(-c3ncnc4sc5c6ccccc6ccc5c34)cccc2c1. The van der Waals surface area contributed by atoms with Crippen LogP contribution in [0.15, 0.2) is 85.2 Å². The molecule has 4 aromatic carbocycles. The number of aromatic nitrogens is 2. The lowest BCUT2D eigenvalue weighted by atomic mass is 9.99. The quantitative estimate of drug-likeness (QED) is 0.321. The monoisotopic (exact) mass is 362 g/mol. The van der Waals surface area contributed by atoms with Gasteiger partial charge in [0.25, 0.3) is 0 Å². The van der Waals surface area contributed by atoms with Crippen molar-refractivity contribution in [3.8, 4) is 11.3 Å². The van der Waals surface area contributed by atoms with Gasteiger partial charge in [-0.2, -0.15) is 0 Å². The largest absolute Gasteiger partial charge is 0.236 e. The molecule has 6 aromatic rings. The van der Waals surface area contributed by atoms with Crippen LogP contribution in [-0.4, -0.2) is 9.97 Å². The zero-order valence-corrected chi connectivity index (χ0v) is 15.2. The Kier molecular flexibility index (Phi) is 3.07. The van der Waals surface area contributed by atoms with Crippen LogP contribution in [0.2, 0.25) is 0 Å². The highest BCUT2D eigenvalue weighted by Crippen LogP contribution is 2.42. The summed E-state index contributed by atoms with van der Waals surface area (Å²) in [5.74, 6) is 0. The lowest BCUT2D eigenvalue weighted by Crippen LogP contribution is -1.88. The van der Waals surface area contributed by atoms with Gasteiger partial charge in [0.15, 0.2) is 0 Å². The summed E-state index contributed by atoms with van der Waals surface area (Å²) < 4.78 is 1.28. The second kappa shape index (κ2) is 5.60. The van der Waals surface area contributed by atoms with Crippen LogP contribution in [0.4, 0.5) is 0 Å².